The molecule has 0 amide bonds. The molecule has 86 valence electrons. The Labute approximate surface area is 94.3 Å². The highest BCUT2D eigenvalue weighted by atomic mass is 32.2. The molecule has 1 N–H and O–H groups in total. The summed E-state index contributed by atoms with van der Waals surface area (Å²) >= 11 is -1.21. The van der Waals surface area contributed by atoms with Gasteiger partial charge in [-0.15, -0.1) is 4.72 Å². The van der Waals surface area contributed by atoms with Gasteiger partial charge in [0.15, 0.2) is 0 Å². The van der Waals surface area contributed by atoms with Crippen LogP contribution in [0.5, 0.6) is 0 Å². The van der Waals surface area contributed by atoms with Crippen LogP contribution < -0.4 is 4.72 Å². The third kappa shape index (κ3) is 2.85. The molecule has 1 heterocycles. The molecule has 0 radical (unpaired) electrons. The Hall–Kier alpha value is -0.280. The number of ether oxygens (including phenoxy) is 1. The van der Waals surface area contributed by atoms with Gasteiger partial charge in [0, 0.05) is 16.8 Å². The molecule has 2 atom stereocenters. The maximum atomic E-state index is 11.8. The van der Waals surface area contributed by atoms with Gasteiger partial charge in [-0.05, 0) is 20.8 Å². The fraction of sp³-hybridized carbons (Fsp3) is 0.900. The zero-order chi connectivity index (χ0) is 11.7. The minimum absolute atomic E-state index is 0.199. The Morgan fingerprint density at radius 2 is 2.07 bits per heavy atom. The average Bonchev–Trinajstić information content (AvgIpc) is 2.08. The molecular formula is C10H18N2O2S. The second-order valence-electron chi connectivity index (χ2n) is 5.21. The highest BCUT2D eigenvalue weighted by Gasteiger charge is 2.45. The van der Waals surface area contributed by atoms with Crippen molar-refractivity contribution in [2.45, 2.75) is 38.5 Å². The van der Waals surface area contributed by atoms with Gasteiger partial charge in [0.25, 0.3) is 0 Å². The topological polar surface area (TPSA) is 68.1 Å². The Morgan fingerprint density at radius 1 is 1.53 bits per heavy atom. The van der Waals surface area contributed by atoms with Crippen molar-refractivity contribution in [3.63, 3.8) is 0 Å². The van der Waals surface area contributed by atoms with Crippen molar-refractivity contribution < 1.29 is 9.29 Å². The number of hydrogen-bond acceptors (Lipinski definition) is 4. The van der Waals surface area contributed by atoms with Crippen LogP contribution in [0.2, 0.25) is 0 Å². The highest BCUT2D eigenvalue weighted by molar-refractivity contribution is 7.90. The van der Waals surface area contributed by atoms with Crippen LogP contribution >= 0.6 is 0 Å². The molecule has 0 spiro atoms. The molecule has 5 heteroatoms. The summed E-state index contributed by atoms with van der Waals surface area (Å²) < 4.78 is 19.5. The first-order chi connectivity index (χ1) is 6.79. The minimum Gasteiger partial charge on any atom is -0.598 e. The van der Waals surface area contributed by atoms with E-state index in [1.54, 1.807) is 0 Å². The van der Waals surface area contributed by atoms with Crippen LogP contribution in [0, 0.1) is 16.7 Å². The highest BCUT2D eigenvalue weighted by Crippen LogP contribution is 2.31. The molecule has 0 saturated carbocycles. The van der Waals surface area contributed by atoms with E-state index in [2.05, 4.69) is 10.8 Å². The molecular weight excluding hydrogens is 212 g/mol. The van der Waals surface area contributed by atoms with Crippen LogP contribution in [0.4, 0.5) is 0 Å². The number of nitrogens with zero attached hydrogens (tertiary/aromatic N) is 1. The zero-order valence-corrected chi connectivity index (χ0v) is 10.5. The Kier molecular flexibility index (Phi) is 3.67. The summed E-state index contributed by atoms with van der Waals surface area (Å²) in [6.45, 7) is 8.72. The second-order valence-corrected chi connectivity index (χ2v) is 7.21. The van der Waals surface area contributed by atoms with Crippen LogP contribution in [0.3, 0.4) is 0 Å². The molecule has 0 aromatic carbocycles. The van der Waals surface area contributed by atoms with Gasteiger partial charge in [-0.25, -0.2) is 0 Å². The Bertz CT molecular complexity index is 266. The molecule has 15 heavy (non-hydrogen) atoms. The van der Waals surface area contributed by atoms with Gasteiger partial charge >= 0.3 is 0 Å². The van der Waals surface area contributed by atoms with Gasteiger partial charge in [-0.2, -0.15) is 5.26 Å². The zero-order valence-electron chi connectivity index (χ0n) is 9.66. The fourth-order valence-electron chi connectivity index (χ4n) is 1.20. The third-order valence-corrected chi connectivity index (χ3v) is 4.03. The van der Waals surface area contributed by atoms with Gasteiger partial charge < -0.3 is 9.29 Å². The quantitative estimate of drug-likeness (QED) is 0.733. The Balaban J connectivity index is 2.59. The molecule has 1 aliphatic heterocycles. The predicted molar refractivity (Wildman–Crippen MR) is 59.4 cm³/mol. The number of hydrogen-bond donors (Lipinski definition) is 1. The first kappa shape index (κ1) is 12.8. The maximum absolute atomic E-state index is 11.8. The van der Waals surface area contributed by atoms with Gasteiger partial charge in [0.05, 0.1) is 19.3 Å². The molecule has 1 fully saturated rings. The summed E-state index contributed by atoms with van der Waals surface area (Å²) in [6.07, 6.45) is 0. The number of nitriles is 1. The largest absolute Gasteiger partial charge is 0.598 e. The molecule has 0 aliphatic carbocycles. The summed E-state index contributed by atoms with van der Waals surface area (Å²) in [5.74, 6) is 0. The fourth-order valence-corrected chi connectivity index (χ4v) is 2.10. The van der Waals surface area contributed by atoms with E-state index in [9.17, 15) is 4.55 Å². The van der Waals surface area contributed by atoms with Crippen molar-refractivity contribution >= 4 is 11.4 Å². The van der Waals surface area contributed by atoms with Crippen molar-refractivity contribution in [2.75, 3.05) is 13.2 Å². The van der Waals surface area contributed by atoms with Gasteiger partial charge in [0.2, 0.25) is 0 Å². The smallest absolute Gasteiger partial charge is 0.149 e. The average molecular weight is 230 g/mol. The van der Waals surface area contributed by atoms with E-state index in [1.807, 2.05) is 27.7 Å². The predicted octanol–water partition coefficient (Wildman–Crippen LogP) is 0.967. The lowest BCUT2D eigenvalue weighted by molar-refractivity contribution is -0.108. The van der Waals surface area contributed by atoms with Gasteiger partial charge in [-0.3, -0.25) is 0 Å². The summed E-state index contributed by atoms with van der Waals surface area (Å²) in [6, 6.07) is 1.75. The first-order valence-corrected chi connectivity index (χ1v) is 6.10. The van der Waals surface area contributed by atoms with E-state index in [1.165, 1.54) is 0 Å². The van der Waals surface area contributed by atoms with Gasteiger partial charge in [0.1, 0.15) is 10.8 Å². The standard InChI is InChI=1S/C10H18N2O2S/c1-9(2,3)15(13)12-8(5-11)10(4)6-14-7-10/h8,12H,6-7H2,1-4H3/t8-,15?/m1/s1. The molecule has 4 nitrogen and oxygen atoms in total. The summed E-state index contributed by atoms with van der Waals surface area (Å²) in [5, 5.41) is 9.04. The molecule has 1 rings (SSSR count). The van der Waals surface area contributed by atoms with Crippen molar-refractivity contribution in [1.82, 2.24) is 4.72 Å². The first-order valence-electron chi connectivity index (χ1n) is 4.95. The third-order valence-electron chi connectivity index (χ3n) is 2.47. The van der Waals surface area contributed by atoms with Crippen molar-refractivity contribution in [3.05, 3.63) is 0 Å². The van der Waals surface area contributed by atoms with Crippen LogP contribution in [-0.2, 0) is 16.1 Å². The second kappa shape index (κ2) is 4.30. The van der Waals surface area contributed by atoms with Crippen molar-refractivity contribution in [3.8, 4) is 6.07 Å². The maximum Gasteiger partial charge on any atom is 0.149 e. The monoisotopic (exact) mass is 230 g/mol. The van der Waals surface area contributed by atoms with Crippen molar-refractivity contribution in [2.24, 2.45) is 5.41 Å². The summed E-state index contributed by atoms with van der Waals surface area (Å²) in [7, 11) is 0. The van der Waals surface area contributed by atoms with Crippen LogP contribution in [0.1, 0.15) is 27.7 Å². The molecule has 1 aliphatic rings. The minimum atomic E-state index is -1.21. The van der Waals surface area contributed by atoms with E-state index in [4.69, 9.17) is 10.00 Å². The van der Waals surface area contributed by atoms with Gasteiger partial charge in [-0.1, -0.05) is 6.92 Å². The van der Waals surface area contributed by atoms with E-state index in [0.717, 1.165) is 0 Å². The van der Waals surface area contributed by atoms with E-state index < -0.39 is 17.4 Å². The molecule has 1 unspecified atom stereocenters. The van der Waals surface area contributed by atoms with Crippen molar-refractivity contribution in [1.29, 1.82) is 5.26 Å². The lowest BCUT2D eigenvalue weighted by Gasteiger charge is -2.41. The molecule has 0 bridgehead atoms. The normalized spacial score (nSPS) is 23.7. The van der Waals surface area contributed by atoms with Crippen LogP contribution in [0.15, 0.2) is 0 Å². The lowest BCUT2D eigenvalue weighted by atomic mass is 9.82. The molecule has 1 saturated heterocycles. The molecule has 0 aromatic heterocycles. The number of rotatable bonds is 3. The lowest BCUT2D eigenvalue weighted by Crippen LogP contribution is -2.57. The van der Waals surface area contributed by atoms with E-state index >= 15 is 0 Å². The summed E-state index contributed by atoms with van der Waals surface area (Å²) in [5.41, 5.74) is -0.199. The van der Waals surface area contributed by atoms with E-state index in [-0.39, 0.29) is 10.2 Å². The Morgan fingerprint density at radius 3 is 2.33 bits per heavy atom. The molecule has 0 aromatic rings. The van der Waals surface area contributed by atoms with Crippen LogP contribution in [0.25, 0.3) is 0 Å². The van der Waals surface area contributed by atoms with E-state index in [0.29, 0.717) is 13.2 Å². The summed E-state index contributed by atoms with van der Waals surface area (Å²) in [4.78, 5) is 0. The number of nitrogens with one attached hydrogen (secondary N) is 1. The van der Waals surface area contributed by atoms with Crippen LogP contribution in [-0.4, -0.2) is 28.6 Å². The SMILES string of the molecule is CC1([C@@H](C#N)N[S+]([O-])C(C)(C)C)COC1.